The lowest BCUT2D eigenvalue weighted by atomic mass is 10.2. The SMILES string of the molecule is CNS(=O)(=O)c1ccc(N)c(N(C)CCC(C)O)c1. The maximum atomic E-state index is 11.7. The quantitative estimate of drug-likeness (QED) is 0.658. The number of nitrogens with one attached hydrogen (secondary N) is 1. The van der Waals surface area contributed by atoms with Crippen molar-refractivity contribution in [1.29, 1.82) is 0 Å². The Hall–Kier alpha value is -1.31. The molecule has 6 nitrogen and oxygen atoms in total. The summed E-state index contributed by atoms with van der Waals surface area (Å²) in [4.78, 5) is 2.00. The lowest BCUT2D eigenvalue weighted by Gasteiger charge is -2.22. The van der Waals surface area contributed by atoms with Gasteiger partial charge < -0.3 is 15.7 Å². The molecule has 7 heteroatoms. The van der Waals surface area contributed by atoms with Crippen molar-refractivity contribution in [2.24, 2.45) is 0 Å². The van der Waals surface area contributed by atoms with Crippen molar-refractivity contribution < 1.29 is 13.5 Å². The van der Waals surface area contributed by atoms with E-state index in [1.54, 1.807) is 13.0 Å². The van der Waals surface area contributed by atoms with Crippen molar-refractivity contribution >= 4 is 21.4 Å². The van der Waals surface area contributed by atoms with E-state index in [4.69, 9.17) is 5.73 Å². The third-order valence-corrected chi connectivity index (χ3v) is 4.29. The molecule has 0 spiro atoms. The van der Waals surface area contributed by atoms with E-state index in [9.17, 15) is 13.5 Å². The molecule has 1 atom stereocenters. The van der Waals surface area contributed by atoms with E-state index >= 15 is 0 Å². The monoisotopic (exact) mass is 287 g/mol. The molecule has 0 fully saturated rings. The minimum absolute atomic E-state index is 0.170. The van der Waals surface area contributed by atoms with Gasteiger partial charge in [-0.05, 0) is 38.6 Å². The van der Waals surface area contributed by atoms with E-state index < -0.39 is 16.1 Å². The number of nitrogens with two attached hydrogens (primary N) is 1. The molecular formula is C12H21N3O3S. The Morgan fingerprint density at radius 1 is 1.47 bits per heavy atom. The Morgan fingerprint density at radius 2 is 2.11 bits per heavy atom. The molecule has 1 rings (SSSR count). The van der Waals surface area contributed by atoms with Gasteiger partial charge in [0.2, 0.25) is 10.0 Å². The van der Waals surface area contributed by atoms with Gasteiger partial charge >= 0.3 is 0 Å². The second-order valence-electron chi connectivity index (χ2n) is 4.49. The Balaban J connectivity index is 3.04. The molecule has 0 amide bonds. The number of sulfonamides is 1. The number of aliphatic hydroxyl groups excluding tert-OH is 1. The molecule has 0 heterocycles. The maximum Gasteiger partial charge on any atom is 0.240 e. The number of hydrogen-bond donors (Lipinski definition) is 3. The third kappa shape index (κ3) is 4.09. The van der Waals surface area contributed by atoms with E-state index in [0.717, 1.165) is 0 Å². The number of nitrogen functional groups attached to an aromatic ring is 1. The normalized spacial score (nSPS) is 13.3. The number of hydrogen-bond acceptors (Lipinski definition) is 5. The zero-order valence-electron chi connectivity index (χ0n) is 11.4. The summed E-state index contributed by atoms with van der Waals surface area (Å²) in [5.41, 5.74) is 7.00. The smallest absolute Gasteiger partial charge is 0.240 e. The summed E-state index contributed by atoms with van der Waals surface area (Å²) in [7, 11) is -0.311. The first-order chi connectivity index (χ1) is 8.77. The highest BCUT2D eigenvalue weighted by molar-refractivity contribution is 7.89. The minimum Gasteiger partial charge on any atom is -0.397 e. The molecule has 0 bridgehead atoms. The van der Waals surface area contributed by atoms with Crippen LogP contribution in [0.25, 0.3) is 0 Å². The van der Waals surface area contributed by atoms with Crippen molar-refractivity contribution in [1.82, 2.24) is 4.72 Å². The van der Waals surface area contributed by atoms with Gasteiger partial charge in [-0.1, -0.05) is 0 Å². The Labute approximate surface area is 114 Å². The number of rotatable bonds is 6. The summed E-state index contributed by atoms with van der Waals surface area (Å²) in [6.07, 6.45) is 0.173. The molecule has 0 saturated heterocycles. The first kappa shape index (κ1) is 15.7. The third-order valence-electron chi connectivity index (χ3n) is 2.87. The molecule has 4 N–H and O–H groups in total. The van der Waals surface area contributed by atoms with Gasteiger partial charge in [-0.2, -0.15) is 0 Å². The predicted molar refractivity (Wildman–Crippen MR) is 76.7 cm³/mol. The van der Waals surface area contributed by atoms with Gasteiger partial charge in [-0.25, -0.2) is 13.1 Å². The molecule has 0 aliphatic carbocycles. The largest absolute Gasteiger partial charge is 0.397 e. The van der Waals surface area contributed by atoms with Crippen LogP contribution in [0, 0.1) is 0 Å². The molecular weight excluding hydrogens is 266 g/mol. The summed E-state index contributed by atoms with van der Waals surface area (Å²) in [5.74, 6) is 0. The van der Waals surface area contributed by atoms with Crippen molar-refractivity contribution in [3.05, 3.63) is 18.2 Å². The standard InChI is InChI=1S/C12H21N3O3S/c1-9(16)6-7-15(3)12-8-10(4-5-11(12)13)19(17,18)14-2/h4-5,8-9,14,16H,6-7,13H2,1-3H3. The van der Waals surface area contributed by atoms with Gasteiger partial charge in [0.1, 0.15) is 0 Å². The van der Waals surface area contributed by atoms with Crippen LogP contribution in [0.5, 0.6) is 0 Å². The first-order valence-corrected chi connectivity index (χ1v) is 7.48. The fourth-order valence-electron chi connectivity index (χ4n) is 1.64. The van der Waals surface area contributed by atoms with Crippen molar-refractivity contribution in [3.63, 3.8) is 0 Å². The fraction of sp³-hybridized carbons (Fsp3) is 0.500. The van der Waals surface area contributed by atoms with E-state index in [0.29, 0.717) is 24.3 Å². The van der Waals surface area contributed by atoms with Crippen molar-refractivity contribution in [2.45, 2.75) is 24.3 Å². The van der Waals surface area contributed by atoms with E-state index in [-0.39, 0.29) is 4.90 Å². The predicted octanol–water partition coefficient (Wildman–Crippen LogP) is 0.384. The number of anilines is 2. The van der Waals surface area contributed by atoms with Gasteiger partial charge in [0.25, 0.3) is 0 Å². The molecule has 0 aliphatic rings. The van der Waals surface area contributed by atoms with Gasteiger partial charge in [-0.3, -0.25) is 0 Å². The van der Waals surface area contributed by atoms with Crippen LogP contribution in [-0.4, -0.2) is 40.3 Å². The molecule has 0 aliphatic heterocycles. The summed E-state index contributed by atoms with van der Waals surface area (Å²) in [5, 5.41) is 9.28. The average molecular weight is 287 g/mol. The summed E-state index contributed by atoms with van der Waals surface area (Å²) >= 11 is 0. The summed E-state index contributed by atoms with van der Waals surface area (Å²) < 4.78 is 25.8. The lowest BCUT2D eigenvalue weighted by molar-refractivity contribution is 0.187. The van der Waals surface area contributed by atoms with Crippen LogP contribution in [0.1, 0.15) is 13.3 Å². The van der Waals surface area contributed by atoms with E-state index in [2.05, 4.69) is 4.72 Å². The second-order valence-corrected chi connectivity index (χ2v) is 6.37. The zero-order chi connectivity index (χ0) is 14.6. The summed E-state index contributed by atoms with van der Waals surface area (Å²) in [6.45, 7) is 2.30. The van der Waals surface area contributed by atoms with Gasteiger partial charge in [0.05, 0.1) is 22.4 Å². The number of aliphatic hydroxyl groups is 1. The molecule has 1 unspecified atom stereocenters. The highest BCUT2D eigenvalue weighted by Crippen LogP contribution is 2.26. The van der Waals surface area contributed by atoms with E-state index in [1.165, 1.54) is 19.2 Å². The summed E-state index contributed by atoms with van der Waals surface area (Å²) in [6, 6.07) is 4.56. The Bertz CT molecular complexity index is 529. The highest BCUT2D eigenvalue weighted by atomic mass is 32.2. The zero-order valence-corrected chi connectivity index (χ0v) is 12.2. The van der Waals surface area contributed by atoms with Crippen molar-refractivity contribution in [2.75, 3.05) is 31.3 Å². The van der Waals surface area contributed by atoms with Crippen LogP contribution in [0.15, 0.2) is 23.1 Å². The van der Waals surface area contributed by atoms with Crippen LogP contribution in [-0.2, 0) is 10.0 Å². The molecule has 0 aromatic heterocycles. The Kier molecular flexibility index (Phi) is 5.16. The van der Waals surface area contributed by atoms with E-state index in [1.807, 2.05) is 11.9 Å². The minimum atomic E-state index is -3.48. The lowest BCUT2D eigenvalue weighted by Crippen LogP contribution is -2.24. The molecule has 19 heavy (non-hydrogen) atoms. The molecule has 0 radical (unpaired) electrons. The van der Waals surface area contributed by atoms with Crippen LogP contribution in [0.2, 0.25) is 0 Å². The van der Waals surface area contributed by atoms with Gasteiger partial charge in [0.15, 0.2) is 0 Å². The first-order valence-electron chi connectivity index (χ1n) is 6.00. The van der Waals surface area contributed by atoms with Crippen LogP contribution in [0.4, 0.5) is 11.4 Å². The average Bonchev–Trinajstić information content (AvgIpc) is 2.36. The second kappa shape index (κ2) is 6.23. The highest BCUT2D eigenvalue weighted by Gasteiger charge is 2.15. The van der Waals surface area contributed by atoms with Crippen LogP contribution < -0.4 is 15.4 Å². The van der Waals surface area contributed by atoms with Crippen molar-refractivity contribution in [3.8, 4) is 0 Å². The fourth-order valence-corrected chi connectivity index (χ4v) is 2.39. The van der Waals surface area contributed by atoms with Gasteiger partial charge in [0, 0.05) is 13.6 Å². The van der Waals surface area contributed by atoms with Crippen LogP contribution in [0.3, 0.4) is 0 Å². The topological polar surface area (TPSA) is 95.7 Å². The van der Waals surface area contributed by atoms with Crippen LogP contribution >= 0.6 is 0 Å². The molecule has 0 saturated carbocycles. The molecule has 1 aromatic carbocycles. The van der Waals surface area contributed by atoms with Gasteiger partial charge in [-0.15, -0.1) is 0 Å². The molecule has 108 valence electrons. The number of nitrogens with zero attached hydrogens (tertiary/aromatic N) is 1. The maximum absolute atomic E-state index is 11.7. The molecule has 1 aromatic rings. The number of benzene rings is 1. The Morgan fingerprint density at radius 3 is 2.63 bits per heavy atom.